The summed E-state index contributed by atoms with van der Waals surface area (Å²) < 4.78 is 38.9. The summed E-state index contributed by atoms with van der Waals surface area (Å²) in [5.74, 6) is -0.511. The van der Waals surface area contributed by atoms with Gasteiger partial charge in [0.25, 0.3) is 0 Å². The molecule has 0 aliphatic heterocycles. The molecule has 0 aliphatic carbocycles. The quantitative estimate of drug-likeness (QED) is 0.621. The molecule has 2 aromatic rings. The van der Waals surface area contributed by atoms with Crippen LogP contribution in [0.2, 0.25) is 0 Å². The highest BCUT2D eigenvalue weighted by Crippen LogP contribution is 2.38. The number of halogens is 4. The molecule has 0 spiro atoms. The molecule has 110 valence electrons. The van der Waals surface area contributed by atoms with Crippen LogP contribution < -0.4 is 5.43 Å². The molecule has 0 bridgehead atoms. The Morgan fingerprint density at radius 2 is 1.76 bits per heavy atom. The summed E-state index contributed by atoms with van der Waals surface area (Å²) in [5.41, 5.74) is 1.86. The monoisotopic (exact) mass is 358 g/mol. The third-order valence-electron chi connectivity index (χ3n) is 2.63. The number of phenols is 1. The number of para-hydroxylation sites is 1. The van der Waals surface area contributed by atoms with Crippen molar-refractivity contribution in [1.82, 2.24) is 0 Å². The maximum Gasteiger partial charge on any atom is 0.417 e. The van der Waals surface area contributed by atoms with Gasteiger partial charge >= 0.3 is 6.18 Å². The van der Waals surface area contributed by atoms with Gasteiger partial charge in [-0.1, -0.05) is 18.2 Å². The van der Waals surface area contributed by atoms with Crippen molar-refractivity contribution in [2.45, 2.75) is 6.18 Å². The third kappa shape index (κ3) is 3.75. The summed E-state index contributed by atoms with van der Waals surface area (Å²) in [7, 11) is 0. The van der Waals surface area contributed by atoms with Gasteiger partial charge in [-0.2, -0.15) is 18.3 Å². The Bertz CT molecular complexity index is 657. The van der Waals surface area contributed by atoms with E-state index in [4.69, 9.17) is 0 Å². The highest BCUT2D eigenvalue weighted by atomic mass is 79.9. The van der Waals surface area contributed by atoms with Crippen LogP contribution in [-0.2, 0) is 6.18 Å². The Labute approximate surface area is 127 Å². The minimum absolute atomic E-state index is 0.164. The lowest BCUT2D eigenvalue weighted by Crippen LogP contribution is -2.09. The number of anilines is 1. The van der Waals surface area contributed by atoms with E-state index in [1.807, 2.05) is 0 Å². The van der Waals surface area contributed by atoms with E-state index in [1.54, 1.807) is 30.3 Å². The van der Waals surface area contributed by atoms with E-state index in [0.29, 0.717) is 5.69 Å². The van der Waals surface area contributed by atoms with Crippen LogP contribution in [0.5, 0.6) is 5.75 Å². The Hall–Kier alpha value is -2.02. The molecular formula is C14H10BrF3N2O. The van der Waals surface area contributed by atoms with Crippen molar-refractivity contribution >= 4 is 27.8 Å². The van der Waals surface area contributed by atoms with E-state index >= 15 is 0 Å². The lowest BCUT2D eigenvalue weighted by atomic mass is 10.1. The van der Waals surface area contributed by atoms with Crippen LogP contribution in [0.4, 0.5) is 18.9 Å². The number of aromatic hydroxyl groups is 1. The van der Waals surface area contributed by atoms with Crippen LogP contribution >= 0.6 is 15.9 Å². The van der Waals surface area contributed by atoms with Gasteiger partial charge in [-0.05, 0) is 40.2 Å². The van der Waals surface area contributed by atoms with Gasteiger partial charge in [-0.15, -0.1) is 0 Å². The van der Waals surface area contributed by atoms with Crippen LogP contribution in [0.15, 0.2) is 52.0 Å². The number of benzene rings is 2. The fourth-order valence-corrected chi connectivity index (χ4v) is 1.99. The molecule has 21 heavy (non-hydrogen) atoms. The molecule has 0 atom stereocenters. The lowest BCUT2D eigenvalue weighted by molar-refractivity contribution is -0.137. The van der Waals surface area contributed by atoms with Gasteiger partial charge in [0.05, 0.1) is 21.9 Å². The Morgan fingerprint density at radius 3 is 2.38 bits per heavy atom. The second-order valence-electron chi connectivity index (χ2n) is 4.09. The van der Waals surface area contributed by atoms with Crippen molar-refractivity contribution < 1.29 is 18.3 Å². The number of hydrazone groups is 1. The normalized spacial score (nSPS) is 11.8. The van der Waals surface area contributed by atoms with Gasteiger partial charge in [0, 0.05) is 5.56 Å². The number of rotatable bonds is 3. The molecule has 0 heterocycles. The number of hydrogen-bond acceptors (Lipinski definition) is 3. The first-order chi connectivity index (χ1) is 9.89. The van der Waals surface area contributed by atoms with Crippen LogP contribution in [0.3, 0.4) is 0 Å². The Morgan fingerprint density at radius 1 is 1.10 bits per heavy atom. The van der Waals surface area contributed by atoms with E-state index < -0.39 is 23.1 Å². The van der Waals surface area contributed by atoms with Crippen molar-refractivity contribution in [1.29, 1.82) is 0 Å². The van der Waals surface area contributed by atoms with E-state index in [2.05, 4.69) is 26.5 Å². The molecule has 0 fully saturated rings. The first kappa shape index (κ1) is 15.4. The minimum atomic E-state index is -4.58. The minimum Gasteiger partial charge on any atom is -0.506 e. The van der Waals surface area contributed by atoms with E-state index in [0.717, 1.165) is 18.3 Å². The van der Waals surface area contributed by atoms with Gasteiger partial charge in [0.2, 0.25) is 0 Å². The zero-order chi connectivity index (χ0) is 15.5. The predicted molar refractivity (Wildman–Crippen MR) is 78.5 cm³/mol. The van der Waals surface area contributed by atoms with Crippen molar-refractivity contribution in [3.05, 3.63) is 58.1 Å². The Kier molecular flexibility index (Phi) is 4.52. The second kappa shape index (κ2) is 6.17. The third-order valence-corrected chi connectivity index (χ3v) is 3.27. The maximum atomic E-state index is 12.9. The van der Waals surface area contributed by atoms with Crippen LogP contribution in [0, 0.1) is 0 Å². The fraction of sp³-hybridized carbons (Fsp3) is 0.0714. The number of nitrogens with one attached hydrogen (secondary N) is 1. The van der Waals surface area contributed by atoms with Gasteiger partial charge in [-0.25, -0.2) is 0 Å². The van der Waals surface area contributed by atoms with E-state index in [-0.39, 0.29) is 4.47 Å². The first-order valence-corrected chi connectivity index (χ1v) is 6.61. The Balaban J connectivity index is 2.32. The van der Waals surface area contributed by atoms with Crippen LogP contribution in [-0.4, -0.2) is 11.3 Å². The summed E-state index contributed by atoms with van der Waals surface area (Å²) in [4.78, 5) is 0. The van der Waals surface area contributed by atoms with E-state index in [1.165, 1.54) is 0 Å². The summed E-state index contributed by atoms with van der Waals surface area (Å²) in [5, 5.41) is 13.5. The van der Waals surface area contributed by atoms with Gasteiger partial charge in [0.1, 0.15) is 5.75 Å². The zero-order valence-corrected chi connectivity index (χ0v) is 12.1. The topological polar surface area (TPSA) is 44.6 Å². The molecule has 0 amide bonds. The second-order valence-corrected chi connectivity index (χ2v) is 4.95. The SMILES string of the molecule is Oc1c(Br)ccc(C(F)(F)F)c1C=NNc1ccccc1. The molecular weight excluding hydrogens is 349 g/mol. The molecule has 0 saturated heterocycles. The van der Waals surface area contributed by atoms with Crippen molar-refractivity contribution in [2.24, 2.45) is 5.10 Å². The number of alkyl halides is 3. The number of phenolic OH excluding ortho intramolecular Hbond substituents is 1. The maximum absolute atomic E-state index is 12.9. The van der Waals surface area contributed by atoms with Crippen LogP contribution in [0.25, 0.3) is 0 Å². The van der Waals surface area contributed by atoms with Gasteiger partial charge in [-0.3, -0.25) is 5.43 Å². The van der Waals surface area contributed by atoms with Crippen molar-refractivity contribution in [2.75, 3.05) is 5.43 Å². The summed E-state index contributed by atoms with van der Waals surface area (Å²) in [6, 6.07) is 10.8. The fourth-order valence-electron chi connectivity index (χ4n) is 1.64. The smallest absolute Gasteiger partial charge is 0.417 e. The number of nitrogens with zero attached hydrogens (tertiary/aromatic N) is 1. The average molecular weight is 359 g/mol. The molecule has 0 aliphatic rings. The zero-order valence-electron chi connectivity index (χ0n) is 10.5. The largest absolute Gasteiger partial charge is 0.506 e. The first-order valence-electron chi connectivity index (χ1n) is 5.82. The molecule has 3 nitrogen and oxygen atoms in total. The summed E-state index contributed by atoms with van der Waals surface area (Å²) in [6.07, 6.45) is -3.64. The van der Waals surface area contributed by atoms with E-state index in [9.17, 15) is 18.3 Å². The molecule has 2 N–H and O–H groups in total. The van der Waals surface area contributed by atoms with Crippen molar-refractivity contribution in [3.63, 3.8) is 0 Å². The van der Waals surface area contributed by atoms with Crippen LogP contribution in [0.1, 0.15) is 11.1 Å². The summed E-state index contributed by atoms with van der Waals surface area (Å²) in [6.45, 7) is 0. The standard InChI is InChI=1S/C14H10BrF3N2O/c15-12-7-6-11(14(16,17)18)10(13(12)21)8-19-20-9-4-2-1-3-5-9/h1-8,20-21H. The molecule has 2 rings (SSSR count). The predicted octanol–water partition coefficient (Wildman–Crippen LogP) is 4.62. The van der Waals surface area contributed by atoms with Crippen molar-refractivity contribution in [3.8, 4) is 5.75 Å². The highest BCUT2D eigenvalue weighted by Gasteiger charge is 2.34. The molecule has 0 saturated carbocycles. The molecule has 0 aromatic heterocycles. The molecule has 0 radical (unpaired) electrons. The molecule has 0 unspecified atom stereocenters. The number of hydrogen-bond donors (Lipinski definition) is 2. The van der Waals surface area contributed by atoms with Gasteiger partial charge in [0.15, 0.2) is 0 Å². The molecule has 2 aromatic carbocycles. The summed E-state index contributed by atoms with van der Waals surface area (Å²) >= 11 is 2.98. The lowest BCUT2D eigenvalue weighted by Gasteiger charge is -2.12. The van der Waals surface area contributed by atoms with Gasteiger partial charge < -0.3 is 5.11 Å². The molecule has 7 heteroatoms. The average Bonchev–Trinajstić information content (AvgIpc) is 2.43. The highest BCUT2D eigenvalue weighted by molar-refractivity contribution is 9.10.